The number of hydrogen-bond acceptors (Lipinski definition) is 2. The molecule has 0 N–H and O–H groups in total. The molecule has 2 aromatic heterocycles. The first-order chi connectivity index (χ1) is 6.84. The molecular weight excluding hydrogens is 190 g/mol. The number of thiophene rings is 1. The van der Waals surface area contributed by atoms with Crippen molar-refractivity contribution in [2.75, 3.05) is 0 Å². The molecule has 1 nitrogen and oxygen atoms in total. The van der Waals surface area contributed by atoms with Crippen LogP contribution in [-0.4, -0.2) is 4.98 Å². The minimum absolute atomic E-state index is 1.09. The Balaban J connectivity index is 2.60. The van der Waals surface area contributed by atoms with Crippen LogP contribution in [0.2, 0.25) is 0 Å². The molecule has 1 aromatic carbocycles. The van der Waals surface area contributed by atoms with Gasteiger partial charge in [-0.3, -0.25) is 4.98 Å². The van der Waals surface area contributed by atoms with Gasteiger partial charge in [-0.2, -0.15) is 0 Å². The molecule has 0 radical (unpaired) electrons. The lowest BCUT2D eigenvalue weighted by molar-refractivity contribution is 1.45. The third-order valence-electron chi connectivity index (χ3n) is 2.38. The fourth-order valence-corrected chi connectivity index (χ4v) is 2.78. The van der Waals surface area contributed by atoms with E-state index in [4.69, 9.17) is 0 Å². The van der Waals surface area contributed by atoms with E-state index in [0.717, 1.165) is 5.52 Å². The predicted molar refractivity (Wildman–Crippen MR) is 61.9 cm³/mol. The van der Waals surface area contributed by atoms with Crippen LogP contribution < -0.4 is 0 Å². The summed E-state index contributed by atoms with van der Waals surface area (Å²) in [6, 6.07) is 10.5. The predicted octanol–water partition coefficient (Wildman–Crippen LogP) is 3.76. The van der Waals surface area contributed by atoms with E-state index in [1.165, 1.54) is 20.3 Å². The molecule has 0 unspecified atom stereocenters. The second-order valence-corrected chi connectivity index (χ2v) is 4.67. The molecule has 68 valence electrons. The molecular formula is C12H9NS. The molecule has 3 aromatic rings. The zero-order valence-electron chi connectivity index (χ0n) is 7.82. The van der Waals surface area contributed by atoms with E-state index < -0.39 is 0 Å². The van der Waals surface area contributed by atoms with Gasteiger partial charge in [0, 0.05) is 26.5 Å². The van der Waals surface area contributed by atoms with Crippen molar-refractivity contribution in [3.8, 4) is 0 Å². The summed E-state index contributed by atoms with van der Waals surface area (Å²) in [5, 5.41) is 2.52. The topological polar surface area (TPSA) is 12.9 Å². The minimum Gasteiger partial charge on any atom is -0.256 e. The largest absolute Gasteiger partial charge is 0.256 e. The minimum atomic E-state index is 1.09. The average Bonchev–Trinajstić information content (AvgIpc) is 2.59. The van der Waals surface area contributed by atoms with Gasteiger partial charge in [-0.15, -0.1) is 11.3 Å². The molecule has 2 heteroatoms. The second kappa shape index (κ2) is 2.79. The summed E-state index contributed by atoms with van der Waals surface area (Å²) in [7, 11) is 0. The fraction of sp³-hybridized carbons (Fsp3) is 0.0833. The van der Waals surface area contributed by atoms with Crippen LogP contribution >= 0.6 is 11.3 Å². The van der Waals surface area contributed by atoms with Crippen molar-refractivity contribution in [1.29, 1.82) is 0 Å². The zero-order valence-corrected chi connectivity index (χ0v) is 8.64. The molecule has 14 heavy (non-hydrogen) atoms. The van der Waals surface area contributed by atoms with E-state index in [1.807, 2.05) is 23.6 Å². The number of rotatable bonds is 0. The Labute approximate surface area is 86.0 Å². The number of nitrogens with zero attached hydrogens (tertiary/aromatic N) is 1. The van der Waals surface area contributed by atoms with E-state index in [1.54, 1.807) is 0 Å². The maximum atomic E-state index is 4.43. The van der Waals surface area contributed by atoms with Crippen molar-refractivity contribution in [3.63, 3.8) is 0 Å². The molecule has 0 spiro atoms. The standard InChI is InChI=1S/C12H9NS/c1-8-6-9-7-13-11-5-3-2-4-10(11)12(9)14-8/h2-7H,1H3. The quantitative estimate of drug-likeness (QED) is 0.537. The molecule has 0 aliphatic carbocycles. The molecule has 0 saturated heterocycles. The van der Waals surface area contributed by atoms with Crippen LogP contribution in [0.1, 0.15) is 4.88 Å². The van der Waals surface area contributed by atoms with Gasteiger partial charge in [-0.1, -0.05) is 18.2 Å². The molecule has 0 aliphatic rings. The van der Waals surface area contributed by atoms with Crippen LogP contribution in [0, 0.1) is 6.92 Å². The molecule has 0 fully saturated rings. The van der Waals surface area contributed by atoms with Gasteiger partial charge in [0.25, 0.3) is 0 Å². The fourth-order valence-electron chi connectivity index (χ4n) is 1.76. The summed E-state index contributed by atoms with van der Waals surface area (Å²) >= 11 is 1.84. The number of para-hydroxylation sites is 1. The van der Waals surface area contributed by atoms with Crippen LogP contribution in [0.25, 0.3) is 21.0 Å². The van der Waals surface area contributed by atoms with Crippen LogP contribution in [-0.2, 0) is 0 Å². The highest BCUT2D eigenvalue weighted by atomic mass is 32.1. The number of aryl methyl sites for hydroxylation is 1. The van der Waals surface area contributed by atoms with Crippen molar-refractivity contribution in [3.05, 3.63) is 41.4 Å². The number of aromatic nitrogens is 1. The van der Waals surface area contributed by atoms with Crippen molar-refractivity contribution in [2.45, 2.75) is 6.92 Å². The highest BCUT2D eigenvalue weighted by Gasteiger charge is 2.03. The monoisotopic (exact) mass is 199 g/mol. The summed E-state index contributed by atoms with van der Waals surface area (Å²) in [5.41, 5.74) is 1.09. The van der Waals surface area contributed by atoms with Crippen molar-refractivity contribution >= 4 is 32.3 Å². The number of hydrogen-bond donors (Lipinski definition) is 0. The van der Waals surface area contributed by atoms with Crippen LogP contribution in [0.15, 0.2) is 36.5 Å². The summed E-state index contributed by atoms with van der Waals surface area (Å²) < 4.78 is 1.35. The first-order valence-electron chi connectivity index (χ1n) is 4.58. The van der Waals surface area contributed by atoms with E-state index in [2.05, 4.69) is 36.2 Å². The molecule has 2 heterocycles. The van der Waals surface area contributed by atoms with Gasteiger partial charge in [0.15, 0.2) is 0 Å². The van der Waals surface area contributed by atoms with Gasteiger partial charge in [0.05, 0.1) is 5.52 Å². The van der Waals surface area contributed by atoms with Gasteiger partial charge < -0.3 is 0 Å². The van der Waals surface area contributed by atoms with E-state index in [-0.39, 0.29) is 0 Å². The van der Waals surface area contributed by atoms with Gasteiger partial charge in [0.1, 0.15) is 0 Å². The van der Waals surface area contributed by atoms with Gasteiger partial charge in [-0.25, -0.2) is 0 Å². The highest BCUT2D eigenvalue weighted by molar-refractivity contribution is 7.20. The second-order valence-electron chi connectivity index (χ2n) is 3.42. The number of fused-ring (bicyclic) bond motifs is 3. The maximum Gasteiger partial charge on any atom is 0.0716 e. The zero-order chi connectivity index (χ0) is 9.54. The Kier molecular flexibility index (Phi) is 1.58. The summed E-state index contributed by atoms with van der Waals surface area (Å²) in [4.78, 5) is 5.77. The summed E-state index contributed by atoms with van der Waals surface area (Å²) in [5.74, 6) is 0. The van der Waals surface area contributed by atoms with Crippen LogP contribution in [0.3, 0.4) is 0 Å². The van der Waals surface area contributed by atoms with Crippen LogP contribution in [0.5, 0.6) is 0 Å². The molecule has 0 saturated carbocycles. The van der Waals surface area contributed by atoms with E-state index in [0.29, 0.717) is 0 Å². The third-order valence-corrected chi connectivity index (χ3v) is 3.47. The Hall–Kier alpha value is -1.41. The van der Waals surface area contributed by atoms with Gasteiger partial charge in [0.2, 0.25) is 0 Å². The Bertz CT molecular complexity index is 610. The summed E-state index contributed by atoms with van der Waals surface area (Å²) in [6.07, 6.45) is 1.96. The van der Waals surface area contributed by atoms with Crippen molar-refractivity contribution in [1.82, 2.24) is 4.98 Å². The summed E-state index contributed by atoms with van der Waals surface area (Å²) in [6.45, 7) is 2.14. The van der Waals surface area contributed by atoms with Crippen molar-refractivity contribution < 1.29 is 0 Å². The molecule has 0 atom stereocenters. The van der Waals surface area contributed by atoms with Crippen LogP contribution in [0.4, 0.5) is 0 Å². The number of benzene rings is 1. The Morgan fingerprint density at radius 2 is 2.07 bits per heavy atom. The molecule has 0 amide bonds. The Morgan fingerprint density at radius 1 is 1.21 bits per heavy atom. The van der Waals surface area contributed by atoms with E-state index >= 15 is 0 Å². The molecule has 3 rings (SSSR count). The maximum absolute atomic E-state index is 4.43. The SMILES string of the molecule is Cc1cc2cnc3ccccc3c2s1. The smallest absolute Gasteiger partial charge is 0.0716 e. The lowest BCUT2D eigenvalue weighted by Crippen LogP contribution is -1.76. The highest BCUT2D eigenvalue weighted by Crippen LogP contribution is 2.30. The third kappa shape index (κ3) is 1.04. The first-order valence-corrected chi connectivity index (χ1v) is 5.40. The van der Waals surface area contributed by atoms with Gasteiger partial charge >= 0.3 is 0 Å². The molecule has 0 bridgehead atoms. The lowest BCUT2D eigenvalue weighted by Gasteiger charge is -1.96. The number of pyridine rings is 1. The first kappa shape index (κ1) is 7.94. The van der Waals surface area contributed by atoms with Gasteiger partial charge in [-0.05, 0) is 19.1 Å². The van der Waals surface area contributed by atoms with Crippen molar-refractivity contribution in [2.24, 2.45) is 0 Å². The lowest BCUT2D eigenvalue weighted by atomic mass is 10.2. The normalized spacial score (nSPS) is 11.2. The molecule has 0 aliphatic heterocycles. The average molecular weight is 199 g/mol. The van der Waals surface area contributed by atoms with E-state index in [9.17, 15) is 0 Å². The Morgan fingerprint density at radius 3 is 3.00 bits per heavy atom.